The molecule has 3 aliphatic rings. The summed E-state index contributed by atoms with van der Waals surface area (Å²) in [4.78, 5) is 24.9. The second kappa shape index (κ2) is 10.3. The maximum Gasteiger partial charge on any atom is 0.224 e. The van der Waals surface area contributed by atoms with Crippen molar-refractivity contribution in [3.05, 3.63) is 53.6 Å². The van der Waals surface area contributed by atoms with Crippen LogP contribution >= 0.6 is 0 Å². The molecule has 186 valence electrons. The quantitative estimate of drug-likeness (QED) is 0.509. The zero-order valence-electron chi connectivity index (χ0n) is 19.9. The fourth-order valence-electron chi connectivity index (χ4n) is 4.99. The molecule has 4 atom stereocenters. The van der Waals surface area contributed by atoms with Crippen LogP contribution in [0.2, 0.25) is 0 Å². The minimum atomic E-state index is -0.520. The summed E-state index contributed by atoms with van der Waals surface area (Å²) in [6.07, 6.45) is 2.45. The number of amides is 2. The van der Waals surface area contributed by atoms with Crippen LogP contribution in [0.1, 0.15) is 49.1 Å². The van der Waals surface area contributed by atoms with Crippen molar-refractivity contribution in [3.8, 4) is 11.5 Å². The molecule has 0 aromatic heterocycles. The second-order valence-corrected chi connectivity index (χ2v) is 9.68. The number of ether oxygens (including phenoxy) is 3. The third-order valence-electron chi connectivity index (χ3n) is 7.02. The summed E-state index contributed by atoms with van der Waals surface area (Å²) in [6.45, 7) is 0.227. The fraction of sp³-hybridized carbons (Fsp3) is 0.481. The maximum atomic E-state index is 12.7. The lowest BCUT2D eigenvalue weighted by Crippen LogP contribution is -2.47. The standard InChI is InChI=1S/C27H32N2O6/c1-33-19-7-4-17(5-8-19)14-28-25(31)13-20-12-22-21-11-18(29-26(32)10-16-2-3-16)6-9-23(21)35-27(22)24(15-30)34-20/h4-9,11,16,20,22,24,27,30H,2-3,10,12-15H2,1H3,(H,28,31)(H,29,32)/t20-,22+,24-,27-/m0/s1. The SMILES string of the molecule is COc1ccc(CNC(=O)C[C@@H]2C[C@@H]3c4cc(NC(=O)CC5CC5)ccc4O[C@@H]3[C@H](CO)O2)cc1. The molecule has 2 heterocycles. The zero-order chi connectivity index (χ0) is 24.4. The molecule has 5 rings (SSSR count). The number of hydrogen-bond acceptors (Lipinski definition) is 6. The first-order valence-electron chi connectivity index (χ1n) is 12.3. The topological polar surface area (TPSA) is 106 Å². The Labute approximate surface area is 205 Å². The van der Waals surface area contributed by atoms with Crippen LogP contribution in [0.5, 0.6) is 11.5 Å². The molecule has 35 heavy (non-hydrogen) atoms. The molecule has 0 unspecified atom stereocenters. The van der Waals surface area contributed by atoms with E-state index in [9.17, 15) is 14.7 Å². The average Bonchev–Trinajstić information content (AvgIpc) is 3.60. The van der Waals surface area contributed by atoms with E-state index < -0.39 is 6.10 Å². The Hall–Kier alpha value is -3.10. The zero-order valence-corrected chi connectivity index (χ0v) is 19.9. The van der Waals surface area contributed by atoms with E-state index in [4.69, 9.17) is 14.2 Å². The highest BCUT2D eigenvalue weighted by molar-refractivity contribution is 5.91. The number of carbonyl (C=O) groups is 2. The average molecular weight is 481 g/mol. The van der Waals surface area contributed by atoms with Gasteiger partial charge in [-0.15, -0.1) is 0 Å². The van der Waals surface area contributed by atoms with Gasteiger partial charge in [-0.2, -0.15) is 0 Å². The first-order valence-corrected chi connectivity index (χ1v) is 12.3. The summed E-state index contributed by atoms with van der Waals surface area (Å²) in [5, 5.41) is 15.9. The molecule has 1 saturated heterocycles. The molecular formula is C27H32N2O6. The molecule has 3 N–H and O–H groups in total. The summed E-state index contributed by atoms with van der Waals surface area (Å²) in [5.74, 6) is 1.94. The summed E-state index contributed by atoms with van der Waals surface area (Å²) in [6, 6.07) is 13.2. The lowest BCUT2D eigenvalue weighted by molar-refractivity contribution is -0.142. The monoisotopic (exact) mass is 480 g/mol. The molecule has 0 bridgehead atoms. The van der Waals surface area contributed by atoms with E-state index in [2.05, 4.69) is 10.6 Å². The van der Waals surface area contributed by atoms with Crippen molar-refractivity contribution in [2.24, 2.45) is 5.92 Å². The Balaban J connectivity index is 1.21. The summed E-state index contributed by atoms with van der Waals surface area (Å²) >= 11 is 0. The number of anilines is 1. The number of fused-ring (bicyclic) bond motifs is 3. The molecule has 2 amide bonds. The number of aliphatic hydroxyl groups is 1. The highest BCUT2D eigenvalue weighted by atomic mass is 16.6. The second-order valence-electron chi connectivity index (χ2n) is 9.68. The minimum absolute atomic E-state index is 0.0180. The van der Waals surface area contributed by atoms with Crippen LogP contribution in [0.4, 0.5) is 5.69 Å². The van der Waals surface area contributed by atoms with Crippen molar-refractivity contribution in [2.75, 3.05) is 19.0 Å². The van der Waals surface area contributed by atoms with Crippen molar-refractivity contribution < 1.29 is 28.9 Å². The predicted octanol–water partition coefficient (Wildman–Crippen LogP) is 3.13. The van der Waals surface area contributed by atoms with Gasteiger partial charge in [0.25, 0.3) is 0 Å². The molecule has 2 aromatic rings. The number of aliphatic hydroxyl groups excluding tert-OH is 1. The van der Waals surface area contributed by atoms with Gasteiger partial charge in [0.05, 0.1) is 26.2 Å². The predicted molar refractivity (Wildman–Crippen MR) is 129 cm³/mol. The number of nitrogens with one attached hydrogen (secondary N) is 2. The van der Waals surface area contributed by atoms with Crippen LogP contribution < -0.4 is 20.1 Å². The van der Waals surface area contributed by atoms with E-state index in [-0.39, 0.29) is 43.0 Å². The molecule has 8 heteroatoms. The van der Waals surface area contributed by atoms with Crippen molar-refractivity contribution >= 4 is 17.5 Å². The van der Waals surface area contributed by atoms with Gasteiger partial charge >= 0.3 is 0 Å². The van der Waals surface area contributed by atoms with Crippen LogP contribution in [0.3, 0.4) is 0 Å². The molecule has 2 aliphatic heterocycles. The van der Waals surface area contributed by atoms with Crippen LogP contribution in [0, 0.1) is 5.92 Å². The van der Waals surface area contributed by atoms with E-state index in [1.54, 1.807) is 7.11 Å². The molecular weight excluding hydrogens is 448 g/mol. The van der Waals surface area contributed by atoms with Crippen LogP contribution in [0.25, 0.3) is 0 Å². The van der Waals surface area contributed by atoms with Gasteiger partial charge in [-0.05, 0) is 61.1 Å². The molecule has 2 aromatic carbocycles. The van der Waals surface area contributed by atoms with Gasteiger partial charge in [-0.25, -0.2) is 0 Å². The Morgan fingerprint density at radius 3 is 2.60 bits per heavy atom. The van der Waals surface area contributed by atoms with Crippen molar-refractivity contribution in [2.45, 2.75) is 62.9 Å². The molecule has 2 fully saturated rings. The van der Waals surface area contributed by atoms with Crippen molar-refractivity contribution in [1.82, 2.24) is 5.32 Å². The highest BCUT2D eigenvalue weighted by Crippen LogP contribution is 2.47. The van der Waals surface area contributed by atoms with E-state index in [1.165, 1.54) is 0 Å². The van der Waals surface area contributed by atoms with Crippen LogP contribution in [-0.2, 0) is 20.9 Å². The smallest absolute Gasteiger partial charge is 0.224 e. The molecule has 0 spiro atoms. The van der Waals surface area contributed by atoms with E-state index in [0.717, 1.165) is 41.2 Å². The molecule has 1 saturated carbocycles. The molecule has 8 nitrogen and oxygen atoms in total. The summed E-state index contributed by atoms with van der Waals surface area (Å²) in [7, 11) is 1.62. The summed E-state index contributed by atoms with van der Waals surface area (Å²) < 4.78 is 17.3. The number of rotatable bonds is 9. The van der Waals surface area contributed by atoms with Gasteiger partial charge in [0.1, 0.15) is 23.7 Å². The van der Waals surface area contributed by atoms with Crippen LogP contribution in [-0.4, -0.2) is 48.9 Å². The fourth-order valence-corrected chi connectivity index (χ4v) is 4.99. The lowest BCUT2D eigenvalue weighted by Gasteiger charge is -2.37. The van der Waals surface area contributed by atoms with E-state index >= 15 is 0 Å². The largest absolute Gasteiger partial charge is 0.497 e. The van der Waals surface area contributed by atoms with Gasteiger partial charge in [0.2, 0.25) is 11.8 Å². The first-order chi connectivity index (χ1) is 17.0. The maximum absolute atomic E-state index is 12.7. The van der Waals surface area contributed by atoms with Crippen LogP contribution in [0.15, 0.2) is 42.5 Å². The highest BCUT2D eigenvalue weighted by Gasteiger charge is 2.46. The molecule has 1 aliphatic carbocycles. The van der Waals surface area contributed by atoms with Gasteiger partial charge in [0, 0.05) is 30.1 Å². The summed E-state index contributed by atoms with van der Waals surface area (Å²) in [5.41, 5.74) is 2.72. The molecule has 0 radical (unpaired) electrons. The van der Waals surface area contributed by atoms with Gasteiger partial charge in [-0.1, -0.05) is 12.1 Å². The normalized spacial score (nSPS) is 24.6. The third-order valence-corrected chi connectivity index (χ3v) is 7.02. The lowest BCUT2D eigenvalue weighted by atomic mass is 9.84. The van der Waals surface area contributed by atoms with Gasteiger partial charge < -0.3 is 30.0 Å². The van der Waals surface area contributed by atoms with Gasteiger partial charge in [0.15, 0.2) is 0 Å². The Bertz CT molecular complexity index is 1070. The van der Waals surface area contributed by atoms with Crippen molar-refractivity contribution in [3.63, 3.8) is 0 Å². The Kier molecular flexibility index (Phi) is 6.92. The van der Waals surface area contributed by atoms with E-state index in [0.29, 0.717) is 25.3 Å². The Morgan fingerprint density at radius 1 is 1.09 bits per heavy atom. The number of methoxy groups -OCH3 is 1. The van der Waals surface area contributed by atoms with Gasteiger partial charge in [-0.3, -0.25) is 9.59 Å². The number of carbonyl (C=O) groups excluding carboxylic acids is 2. The minimum Gasteiger partial charge on any atom is -0.497 e. The third kappa shape index (κ3) is 5.60. The number of benzene rings is 2. The number of hydrogen-bond donors (Lipinski definition) is 3. The van der Waals surface area contributed by atoms with E-state index in [1.807, 2.05) is 42.5 Å². The Morgan fingerprint density at radius 2 is 1.89 bits per heavy atom. The first kappa shape index (κ1) is 23.6. The van der Waals surface area contributed by atoms with Crippen molar-refractivity contribution in [1.29, 1.82) is 0 Å².